The molecule has 8 nitrogen and oxygen atoms in total. The Kier molecular flexibility index (Phi) is 3.86. The maximum Gasteiger partial charge on any atom is 0.269 e. The molecule has 1 unspecified atom stereocenters. The zero-order valence-corrected chi connectivity index (χ0v) is 17.0. The van der Waals surface area contributed by atoms with Crippen LogP contribution in [-0.4, -0.2) is 55.8 Å². The van der Waals surface area contributed by atoms with Crippen molar-refractivity contribution < 1.29 is 14.7 Å². The molecule has 8 heteroatoms. The van der Waals surface area contributed by atoms with E-state index >= 15 is 0 Å². The summed E-state index contributed by atoms with van der Waals surface area (Å²) in [4.78, 5) is 30.0. The van der Waals surface area contributed by atoms with E-state index < -0.39 is 11.5 Å². The smallest absolute Gasteiger partial charge is 0.269 e. The van der Waals surface area contributed by atoms with Crippen molar-refractivity contribution in [2.24, 2.45) is 17.1 Å². The van der Waals surface area contributed by atoms with Crippen LogP contribution >= 0.6 is 0 Å². The van der Waals surface area contributed by atoms with E-state index in [0.29, 0.717) is 29.5 Å². The van der Waals surface area contributed by atoms with Crippen LogP contribution in [0.5, 0.6) is 0 Å². The summed E-state index contributed by atoms with van der Waals surface area (Å²) in [7, 11) is 1.65. The molecule has 2 aromatic rings. The summed E-state index contributed by atoms with van der Waals surface area (Å²) in [5.41, 5.74) is 6.99. The molecule has 0 spiro atoms. The summed E-state index contributed by atoms with van der Waals surface area (Å²) in [6.07, 6.45) is 4.66. The maximum atomic E-state index is 12.1. The fourth-order valence-electron chi connectivity index (χ4n) is 4.69. The topological polar surface area (TPSA) is 114 Å². The van der Waals surface area contributed by atoms with Crippen LogP contribution in [0.25, 0.3) is 5.82 Å². The minimum Gasteiger partial charge on any atom is -0.369 e. The monoisotopic (exact) mass is 405 g/mol. The number of hydrogen-bond acceptors (Lipinski definition) is 5. The van der Waals surface area contributed by atoms with Gasteiger partial charge in [-0.1, -0.05) is 18.8 Å². The predicted octanol–water partition coefficient (Wildman–Crippen LogP) is 0.436. The highest BCUT2D eigenvalue weighted by Gasteiger charge is 2.54. The molecule has 1 saturated heterocycles. The van der Waals surface area contributed by atoms with Crippen LogP contribution in [0.1, 0.15) is 47.1 Å². The van der Waals surface area contributed by atoms with E-state index in [9.17, 15) is 14.7 Å². The van der Waals surface area contributed by atoms with Crippen LogP contribution in [0.2, 0.25) is 0 Å². The first kappa shape index (κ1) is 18.8. The lowest BCUT2D eigenvalue weighted by atomic mass is 9.87. The first-order chi connectivity index (χ1) is 14.2. The molecule has 1 aliphatic heterocycles. The van der Waals surface area contributed by atoms with Gasteiger partial charge in [-0.25, -0.2) is 9.67 Å². The van der Waals surface area contributed by atoms with Crippen LogP contribution in [-0.2, 0) is 17.6 Å². The second kappa shape index (κ2) is 6.16. The standard InChI is InChI=1S/C22H23N5O3/c1-21-11-14(21)10-15-16(12-21)27(25-18(15)19(23)28)17-9-13(4-7-24-17)3-5-22(30)6-8-26(2)20(22)29/h4,7,9,14,30H,6,8,10-12H2,1-2H3,(H2,23,28)/t14?,21-,22-/m0/s1. The van der Waals surface area contributed by atoms with Crippen molar-refractivity contribution in [3.05, 3.63) is 40.8 Å². The van der Waals surface area contributed by atoms with Gasteiger partial charge in [0.15, 0.2) is 11.5 Å². The van der Waals surface area contributed by atoms with Gasteiger partial charge in [0.2, 0.25) is 5.60 Å². The third-order valence-electron chi connectivity index (χ3n) is 6.77. The molecule has 2 fully saturated rings. The lowest BCUT2D eigenvalue weighted by Crippen LogP contribution is -2.37. The number of nitrogens with zero attached hydrogens (tertiary/aromatic N) is 4. The van der Waals surface area contributed by atoms with Gasteiger partial charge in [0, 0.05) is 37.3 Å². The van der Waals surface area contributed by atoms with Crippen LogP contribution in [0.15, 0.2) is 18.3 Å². The van der Waals surface area contributed by atoms with Crippen molar-refractivity contribution in [3.8, 4) is 17.7 Å². The Hall–Kier alpha value is -3.18. The number of primary amides is 1. The summed E-state index contributed by atoms with van der Waals surface area (Å²) in [5, 5.41) is 15.0. The second-order valence-electron chi connectivity index (χ2n) is 8.98. The molecule has 30 heavy (non-hydrogen) atoms. The van der Waals surface area contributed by atoms with Gasteiger partial charge >= 0.3 is 0 Å². The van der Waals surface area contributed by atoms with Gasteiger partial charge in [-0.15, -0.1) is 0 Å². The fraction of sp³-hybridized carbons (Fsp3) is 0.455. The SMILES string of the molecule is CN1CC[C@@](O)(C#Cc2ccnc(-n3nc(C(N)=O)c4c3C[C@]3(C)CC3C4)c2)C1=O. The second-order valence-corrected chi connectivity index (χ2v) is 8.98. The van der Waals surface area contributed by atoms with Gasteiger partial charge in [-0.3, -0.25) is 9.59 Å². The van der Waals surface area contributed by atoms with E-state index in [0.717, 1.165) is 30.5 Å². The van der Waals surface area contributed by atoms with Gasteiger partial charge in [0.25, 0.3) is 11.8 Å². The van der Waals surface area contributed by atoms with E-state index in [1.165, 1.54) is 4.90 Å². The molecular weight excluding hydrogens is 382 g/mol. The molecule has 2 amide bonds. The number of hydrogen-bond donors (Lipinski definition) is 2. The van der Waals surface area contributed by atoms with E-state index in [2.05, 4.69) is 28.8 Å². The van der Waals surface area contributed by atoms with Crippen LogP contribution < -0.4 is 5.73 Å². The van der Waals surface area contributed by atoms with E-state index in [-0.39, 0.29) is 17.7 Å². The number of fused-ring (bicyclic) bond motifs is 2. The summed E-state index contributed by atoms with van der Waals surface area (Å²) in [6, 6.07) is 3.46. The van der Waals surface area contributed by atoms with Gasteiger partial charge < -0.3 is 15.7 Å². The Morgan fingerprint density at radius 3 is 2.93 bits per heavy atom. The summed E-state index contributed by atoms with van der Waals surface area (Å²) in [6.45, 7) is 2.73. The van der Waals surface area contributed by atoms with Gasteiger partial charge in [-0.05, 0) is 42.7 Å². The molecule has 0 aromatic carbocycles. The van der Waals surface area contributed by atoms with E-state index in [4.69, 9.17) is 5.73 Å². The summed E-state index contributed by atoms with van der Waals surface area (Å²) < 4.78 is 1.70. The summed E-state index contributed by atoms with van der Waals surface area (Å²) in [5.74, 6) is 5.82. The fourth-order valence-corrected chi connectivity index (χ4v) is 4.69. The number of nitrogens with two attached hydrogens (primary N) is 1. The van der Waals surface area contributed by atoms with Crippen molar-refractivity contribution in [3.63, 3.8) is 0 Å². The number of rotatable bonds is 2. The highest BCUT2D eigenvalue weighted by molar-refractivity contribution is 5.93. The van der Waals surface area contributed by atoms with Crippen molar-refractivity contribution in [1.82, 2.24) is 19.7 Å². The summed E-state index contributed by atoms with van der Waals surface area (Å²) >= 11 is 0. The van der Waals surface area contributed by atoms with Crippen LogP contribution in [0, 0.1) is 23.2 Å². The first-order valence-corrected chi connectivity index (χ1v) is 10.1. The van der Waals surface area contributed by atoms with Crippen molar-refractivity contribution in [2.75, 3.05) is 13.6 Å². The molecule has 0 radical (unpaired) electrons. The molecule has 0 bridgehead atoms. The Bertz CT molecular complexity index is 1160. The molecule has 3 atom stereocenters. The molecule has 2 aromatic heterocycles. The third kappa shape index (κ3) is 2.81. The first-order valence-electron chi connectivity index (χ1n) is 10.1. The number of carbonyl (C=O) groups is 2. The zero-order chi connectivity index (χ0) is 21.3. The molecule has 154 valence electrons. The van der Waals surface area contributed by atoms with Crippen molar-refractivity contribution >= 4 is 11.8 Å². The number of aliphatic hydroxyl groups is 1. The average Bonchev–Trinajstić information content (AvgIpc) is 3.14. The minimum absolute atomic E-state index is 0.245. The van der Waals surface area contributed by atoms with Crippen LogP contribution in [0.4, 0.5) is 0 Å². The molecule has 3 heterocycles. The Morgan fingerprint density at radius 2 is 2.23 bits per heavy atom. The number of aromatic nitrogens is 3. The van der Waals surface area contributed by atoms with Crippen molar-refractivity contribution in [2.45, 2.75) is 38.2 Å². The predicted molar refractivity (Wildman–Crippen MR) is 108 cm³/mol. The van der Waals surface area contributed by atoms with Gasteiger partial charge in [-0.2, -0.15) is 5.10 Å². The van der Waals surface area contributed by atoms with E-state index in [1.54, 1.807) is 30.1 Å². The van der Waals surface area contributed by atoms with Crippen LogP contribution in [0.3, 0.4) is 0 Å². The number of pyridine rings is 1. The number of amides is 2. The Balaban J connectivity index is 1.53. The zero-order valence-electron chi connectivity index (χ0n) is 17.0. The maximum absolute atomic E-state index is 12.1. The molecule has 3 N–H and O–H groups in total. The van der Waals surface area contributed by atoms with Crippen molar-refractivity contribution in [1.29, 1.82) is 0 Å². The highest BCUT2D eigenvalue weighted by atomic mass is 16.3. The normalized spacial score (nSPS) is 29.1. The number of likely N-dealkylation sites (tertiary alicyclic amines) is 1. The lowest BCUT2D eigenvalue weighted by Gasteiger charge is -2.19. The van der Waals surface area contributed by atoms with Gasteiger partial charge in [0.05, 0.1) is 5.69 Å². The Labute approximate surface area is 174 Å². The molecule has 1 saturated carbocycles. The Morgan fingerprint density at radius 1 is 1.43 bits per heavy atom. The number of carbonyl (C=O) groups excluding carboxylic acids is 2. The largest absolute Gasteiger partial charge is 0.369 e. The molecule has 5 rings (SSSR count). The van der Waals surface area contributed by atoms with E-state index in [1.807, 2.05) is 0 Å². The average molecular weight is 405 g/mol. The molecule has 2 aliphatic carbocycles. The number of likely N-dealkylation sites (N-methyl/N-ethyl adjacent to an activating group) is 1. The third-order valence-corrected chi connectivity index (χ3v) is 6.77. The quantitative estimate of drug-likeness (QED) is 0.704. The molecular formula is C22H23N5O3. The minimum atomic E-state index is -1.65. The van der Waals surface area contributed by atoms with Gasteiger partial charge in [0.1, 0.15) is 0 Å². The highest BCUT2D eigenvalue weighted by Crippen LogP contribution is 2.59. The lowest BCUT2D eigenvalue weighted by molar-refractivity contribution is -0.137. The molecule has 3 aliphatic rings.